The lowest BCUT2D eigenvalue weighted by molar-refractivity contribution is 0.132. The Labute approximate surface area is 108 Å². The number of hydrogen-bond donors (Lipinski definition) is 1. The topological polar surface area (TPSA) is 21.3 Å². The first-order valence-corrected chi connectivity index (χ1v) is 6.80. The molecule has 1 unspecified atom stereocenters. The first-order valence-electron chi connectivity index (χ1n) is 6.42. The van der Waals surface area contributed by atoms with E-state index in [4.69, 9.17) is 16.3 Å². The molecule has 2 nitrogen and oxygen atoms in total. The summed E-state index contributed by atoms with van der Waals surface area (Å²) in [5.41, 5.74) is 0. The molecule has 1 fully saturated rings. The minimum absolute atomic E-state index is 0.330. The van der Waals surface area contributed by atoms with Crippen molar-refractivity contribution < 1.29 is 4.74 Å². The Hall–Kier alpha value is -0.730. The highest BCUT2D eigenvalue weighted by molar-refractivity contribution is 6.30. The fraction of sp³-hybridized carbons (Fsp3) is 0.571. The van der Waals surface area contributed by atoms with Crippen LogP contribution in [-0.2, 0) is 0 Å². The van der Waals surface area contributed by atoms with Crippen molar-refractivity contribution in [3.63, 3.8) is 0 Å². The molecule has 0 spiro atoms. The number of ether oxygens (including phenoxy) is 1. The third-order valence-electron chi connectivity index (χ3n) is 3.30. The van der Waals surface area contributed by atoms with E-state index in [1.54, 1.807) is 0 Å². The largest absolute Gasteiger partial charge is 0.490 e. The molecule has 1 saturated heterocycles. The predicted molar refractivity (Wildman–Crippen MR) is 71.8 cm³/mol. The van der Waals surface area contributed by atoms with Gasteiger partial charge in [0, 0.05) is 17.5 Å². The van der Waals surface area contributed by atoms with Gasteiger partial charge in [-0.1, -0.05) is 24.9 Å². The van der Waals surface area contributed by atoms with Gasteiger partial charge in [-0.05, 0) is 43.7 Å². The van der Waals surface area contributed by atoms with E-state index < -0.39 is 0 Å². The van der Waals surface area contributed by atoms with Gasteiger partial charge in [0.2, 0.25) is 0 Å². The van der Waals surface area contributed by atoms with Crippen molar-refractivity contribution in [2.75, 3.05) is 13.1 Å². The standard InChI is InChI=1S/C14H20ClNO/c1-2-3-14(11-8-9-16-10-11)17-13-6-4-12(15)5-7-13/h4-7,11,14,16H,2-3,8-10H2,1H3/t11?,14-/m0/s1. The quantitative estimate of drug-likeness (QED) is 0.867. The molecule has 1 aromatic carbocycles. The van der Waals surface area contributed by atoms with Crippen LogP contribution in [0.4, 0.5) is 0 Å². The highest BCUT2D eigenvalue weighted by atomic mass is 35.5. The van der Waals surface area contributed by atoms with Crippen LogP contribution >= 0.6 is 11.6 Å². The summed E-state index contributed by atoms with van der Waals surface area (Å²) in [6.07, 6.45) is 3.83. The van der Waals surface area contributed by atoms with E-state index in [0.29, 0.717) is 12.0 Å². The molecule has 3 heteroatoms. The summed E-state index contributed by atoms with van der Waals surface area (Å²) in [7, 11) is 0. The summed E-state index contributed by atoms with van der Waals surface area (Å²) in [6.45, 7) is 4.41. The van der Waals surface area contributed by atoms with Crippen LogP contribution in [0.5, 0.6) is 5.75 Å². The molecule has 2 rings (SSSR count). The summed E-state index contributed by atoms with van der Waals surface area (Å²) < 4.78 is 6.10. The molecule has 0 saturated carbocycles. The molecule has 1 heterocycles. The molecule has 2 atom stereocenters. The zero-order chi connectivity index (χ0) is 12.1. The normalized spacial score (nSPS) is 21.4. The van der Waals surface area contributed by atoms with Gasteiger partial charge in [-0.25, -0.2) is 0 Å². The Bertz CT molecular complexity index is 333. The zero-order valence-electron chi connectivity index (χ0n) is 10.3. The molecule has 17 heavy (non-hydrogen) atoms. The van der Waals surface area contributed by atoms with E-state index in [0.717, 1.165) is 36.7 Å². The fourth-order valence-corrected chi connectivity index (χ4v) is 2.48. The number of nitrogens with one attached hydrogen (secondary N) is 1. The number of hydrogen-bond acceptors (Lipinski definition) is 2. The van der Waals surface area contributed by atoms with Gasteiger partial charge in [0.05, 0.1) is 0 Å². The van der Waals surface area contributed by atoms with Crippen molar-refractivity contribution in [1.29, 1.82) is 0 Å². The third kappa shape index (κ3) is 3.62. The van der Waals surface area contributed by atoms with Crippen molar-refractivity contribution in [1.82, 2.24) is 5.32 Å². The van der Waals surface area contributed by atoms with Gasteiger partial charge in [-0.2, -0.15) is 0 Å². The Morgan fingerprint density at radius 1 is 1.41 bits per heavy atom. The van der Waals surface area contributed by atoms with Crippen LogP contribution in [0.25, 0.3) is 0 Å². The van der Waals surface area contributed by atoms with E-state index in [9.17, 15) is 0 Å². The second kappa shape index (κ2) is 6.27. The fourth-order valence-electron chi connectivity index (χ4n) is 2.36. The molecule has 0 amide bonds. The molecule has 0 radical (unpaired) electrons. The van der Waals surface area contributed by atoms with Crippen LogP contribution in [0.15, 0.2) is 24.3 Å². The Balaban J connectivity index is 1.98. The SMILES string of the molecule is CCC[C@H](Oc1ccc(Cl)cc1)C1CCNC1. The van der Waals surface area contributed by atoms with Gasteiger partial charge >= 0.3 is 0 Å². The Kier molecular flexibility index (Phi) is 4.69. The van der Waals surface area contributed by atoms with Gasteiger partial charge in [0.15, 0.2) is 0 Å². The number of rotatable bonds is 5. The van der Waals surface area contributed by atoms with Crippen molar-refractivity contribution >= 4 is 11.6 Å². The molecule has 0 aliphatic carbocycles. The second-order valence-corrected chi connectivity index (χ2v) is 5.09. The third-order valence-corrected chi connectivity index (χ3v) is 3.55. The van der Waals surface area contributed by atoms with Crippen LogP contribution in [0.1, 0.15) is 26.2 Å². The average Bonchev–Trinajstić information content (AvgIpc) is 2.85. The maximum atomic E-state index is 6.10. The summed E-state index contributed by atoms with van der Waals surface area (Å²) in [4.78, 5) is 0. The van der Waals surface area contributed by atoms with Gasteiger partial charge in [0.1, 0.15) is 11.9 Å². The first kappa shape index (κ1) is 12.7. The summed E-state index contributed by atoms with van der Waals surface area (Å²) in [6, 6.07) is 7.67. The van der Waals surface area contributed by atoms with Crippen molar-refractivity contribution in [2.24, 2.45) is 5.92 Å². The average molecular weight is 254 g/mol. The second-order valence-electron chi connectivity index (χ2n) is 4.65. The summed E-state index contributed by atoms with van der Waals surface area (Å²) in [5, 5.41) is 4.16. The van der Waals surface area contributed by atoms with Gasteiger partial charge < -0.3 is 10.1 Å². The van der Waals surface area contributed by atoms with Crippen LogP contribution in [0, 0.1) is 5.92 Å². The number of benzene rings is 1. The van der Waals surface area contributed by atoms with Crippen molar-refractivity contribution in [3.8, 4) is 5.75 Å². The maximum Gasteiger partial charge on any atom is 0.119 e. The molecule has 0 bridgehead atoms. The van der Waals surface area contributed by atoms with Crippen LogP contribution in [-0.4, -0.2) is 19.2 Å². The van der Waals surface area contributed by atoms with E-state index in [-0.39, 0.29) is 0 Å². The molecule has 1 aromatic rings. The van der Waals surface area contributed by atoms with Gasteiger partial charge in [-0.15, -0.1) is 0 Å². The zero-order valence-corrected chi connectivity index (χ0v) is 11.0. The van der Waals surface area contributed by atoms with Crippen LogP contribution in [0.3, 0.4) is 0 Å². The lowest BCUT2D eigenvalue weighted by atomic mass is 9.97. The molecule has 1 aliphatic heterocycles. The Morgan fingerprint density at radius 2 is 2.18 bits per heavy atom. The monoisotopic (exact) mass is 253 g/mol. The van der Waals surface area contributed by atoms with Crippen molar-refractivity contribution in [3.05, 3.63) is 29.3 Å². The van der Waals surface area contributed by atoms with E-state index in [1.165, 1.54) is 6.42 Å². The molecule has 94 valence electrons. The lowest BCUT2D eigenvalue weighted by Gasteiger charge is -2.24. The van der Waals surface area contributed by atoms with E-state index in [2.05, 4.69) is 12.2 Å². The molecular weight excluding hydrogens is 234 g/mol. The van der Waals surface area contributed by atoms with E-state index >= 15 is 0 Å². The first-order chi connectivity index (χ1) is 8.29. The van der Waals surface area contributed by atoms with Crippen LogP contribution < -0.4 is 10.1 Å². The van der Waals surface area contributed by atoms with Gasteiger partial charge in [-0.3, -0.25) is 0 Å². The smallest absolute Gasteiger partial charge is 0.119 e. The Morgan fingerprint density at radius 3 is 2.76 bits per heavy atom. The highest BCUT2D eigenvalue weighted by Crippen LogP contribution is 2.24. The van der Waals surface area contributed by atoms with E-state index in [1.807, 2.05) is 24.3 Å². The minimum atomic E-state index is 0.330. The molecular formula is C14H20ClNO. The van der Waals surface area contributed by atoms with Crippen LogP contribution in [0.2, 0.25) is 5.02 Å². The number of halogens is 1. The highest BCUT2D eigenvalue weighted by Gasteiger charge is 2.25. The summed E-state index contributed by atoms with van der Waals surface area (Å²) in [5.74, 6) is 1.57. The lowest BCUT2D eigenvalue weighted by Crippen LogP contribution is -2.28. The maximum absolute atomic E-state index is 6.10. The minimum Gasteiger partial charge on any atom is -0.490 e. The predicted octanol–water partition coefficient (Wildman–Crippen LogP) is 3.50. The molecule has 0 aromatic heterocycles. The van der Waals surface area contributed by atoms with Crippen molar-refractivity contribution in [2.45, 2.75) is 32.3 Å². The molecule has 1 N–H and O–H groups in total. The molecule has 1 aliphatic rings. The van der Waals surface area contributed by atoms with Gasteiger partial charge in [0.25, 0.3) is 0 Å². The summed E-state index contributed by atoms with van der Waals surface area (Å²) >= 11 is 5.87.